The van der Waals surface area contributed by atoms with E-state index < -0.39 is 10.0 Å². The summed E-state index contributed by atoms with van der Waals surface area (Å²) in [5.74, 6) is 1.68. The van der Waals surface area contributed by atoms with Crippen LogP contribution in [0, 0.1) is 13.8 Å². The standard InChI is InChI=1S/C22H29ClN2O3S2/c1-17-9-11-19(12-10-17)16-29-15-13-24-22(26)8-5-14-25(30(3,27)28)21-7-4-6-20(23)18(21)2/h4,6-7,9-12H,5,8,13-16H2,1-3H3,(H,24,26). The minimum atomic E-state index is -3.47. The van der Waals surface area contributed by atoms with Crippen LogP contribution in [0.4, 0.5) is 5.69 Å². The topological polar surface area (TPSA) is 66.5 Å². The van der Waals surface area contributed by atoms with Crippen molar-refractivity contribution in [1.29, 1.82) is 0 Å². The molecule has 5 nitrogen and oxygen atoms in total. The molecule has 2 aromatic carbocycles. The van der Waals surface area contributed by atoms with Crippen molar-refractivity contribution in [2.75, 3.05) is 29.4 Å². The van der Waals surface area contributed by atoms with Crippen molar-refractivity contribution in [2.45, 2.75) is 32.4 Å². The lowest BCUT2D eigenvalue weighted by atomic mass is 10.2. The molecule has 8 heteroatoms. The van der Waals surface area contributed by atoms with Crippen molar-refractivity contribution >= 4 is 45.0 Å². The Morgan fingerprint density at radius 2 is 1.83 bits per heavy atom. The highest BCUT2D eigenvalue weighted by atomic mass is 35.5. The quantitative estimate of drug-likeness (QED) is 0.491. The summed E-state index contributed by atoms with van der Waals surface area (Å²) in [6.45, 7) is 4.68. The first kappa shape index (κ1) is 24.6. The number of carbonyl (C=O) groups excluding carboxylic acids is 1. The molecule has 0 atom stereocenters. The van der Waals surface area contributed by atoms with Crippen LogP contribution in [0.25, 0.3) is 0 Å². The van der Waals surface area contributed by atoms with E-state index in [2.05, 4.69) is 36.5 Å². The fourth-order valence-electron chi connectivity index (χ4n) is 2.94. The number of anilines is 1. The largest absolute Gasteiger partial charge is 0.355 e. The van der Waals surface area contributed by atoms with Crippen LogP contribution in [-0.2, 0) is 20.6 Å². The number of halogens is 1. The maximum Gasteiger partial charge on any atom is 0.232 e. The third-order valence-electron chi connectivity index (χ3n) is 4.63. The van der Waals surface area contributed by atoms with Gasteiger partial charge in [-0.15, -0.1) is 0 Å². The molecule has 30 heavy (non-hydrogen) atoms. The third kappa shape index (κ3) is 7.85. The van der Waals surface area contributed by atoms with Crippen LogP contribution < -0.4 is 9.62 Å². The number of nitrogens with zero attached hydrogens (tertiary/aromatic N) is 1. The molecule has 164 valence electrons. The van der Waals surface area contributed by atoms with Crippen LogP contribution in [0.15, 0.2) is 42.5 Å². The van der Waals surface area contributed by atoms with Crippen molar-refractivity contribution in [2.24, 2.45) is 0 Å². The molecule has 0 saturated carbocycles. The van der Waals surface area contributed by atoms with Crippen molar-refractivity contribution in [1.82, 2.24) is 5.32 Å². The summed E-state index contributed by atoms with van der Waals surface area (Å²) in [5, 5.41) is 3.42. The molecule has 0 aliphatic heterocycles. The van der Waals surface area contributed by atoms with Gasteiger partial charge in [0.1, 0.15) is 0 Å². The minimum absolute atomic E-state index is 0.0674. The Balaban J connectivity index is 1.73. The van der Waals surface area contributed by atoms with Crippen LogP contribution >= 0.6 is 23.4 Å². The first-order valence-electron chi connectivity index (χ1n) is 9.81. The first-order valence-corrected chi connectivity index (χ1v) is 13.2. The Kier molecular flexibility index (Phi) is 9.52. The van der Waals surface area contributed by atoms with Gasteiger partial charge in [0, 0.05) is 36.0 Å². The van der Waals surface area contributed by atoms with Crippen LogP contribution in [0.2, 0.25) is 5.02 Å². The number of carbonyl (C=O) groups is 1. The normalized spacial score (nSPS) is 11.3. The average molecular weight is 469 g/mol. The van der Waals surface area contributed by atoms with Gasteiger partial charge in [-0.2, -0.15) is 11.8 Å². The lowest BCUT2D eigenvalue weighted by molar-refractivity contribution is -0.121. The molecular formula is C22H29ClN2O3S2. The van der Waals surface area contributed by atoms with Crippen molar-refractivity contribution in [3.8, 4) is 0 Å². The molecule has 0 radical (unpaired) electrons. The van der Waals surface area contributed by atoms with Crippen LogP contribution in [0.3, 0.4) is 0 Å². The van der Waals surface area contributed by atoms with Crippen LogP contribution in [0.5, 0.6) is 0 Å². The summed E-state index contributed by atoms with van der Waals surface area (Å²) in [6, 6.07) is 13.6. The van der Waals surface area contributed by atoms with Crippen molar-refractivity contribution < 1.29 is 13.2 Å². The smallest absolute Gasteiger partial charge is 0.232 e. The Morgan fingerprint density at radius 3 is 2.50 bits per heavy atom. The monoisotopic (exact) mass is 468 g/mol. The van der Waals surface area contributed by atoms with E-state index in [9.17, 15) is 13.2 Å². The van der Waals surface area contributed by atoms with Crippen molar-refractivity contribution in [3.63, 3.8) is 0 Å². The lowest BCUT2D eigenvalue weighted by Gasteiger charge is -2.24. The molecular weight excluding hydrogens is 440 g/mol. The van der Waals surface area contributed by atoms with E-state index in [0.717, 1.165) is 11.5 Å². The van der Waals surface area contributed by atoms with E-state index in [1.807, 2.05) is 0 Å². The predicted molar refractivity (Wildman–Crippen MR) is 128 cm³/mol. The van der Waals surface area contributed by atoms with Gasteiger partial charge < -0.3 is 5.32 Å². The number of aryl methyl sites for hydroxylation is 1. The second-order valence-electron chi connectivity index (χ2n) is 7.21. The molecule has 0 aliphatic carbocycles. The van der Waals surface area contributed by atoms with E-state index >= 15 is 0 Å². The summed E-state index contributed by atoms with van der Waals surface area (Å²) < 4.78 is 25.8. The van der Waals surface area contributed by atoms with E-state index in [1.165, 1.54) is 21.7 Å². The van der Waals surface area contributed by atoms with Gasteiger partial charge in [-0.3, -0.25) is 9.10 Å². The highest BCUT2D eigenvalue weighted by Gasteiger charge is 2.20. The summed E-state index contributed by atoms with van der Waals surface area (Å²) in [6.07, 6.45) is 1.87. The molecule has 0 heterocycles. The maximum atomic E-state index is 12.2. The summed E-state index contributed by atoms with van der Waals surface area (Å²) >= 11 is 7.91. The number of amides is 1. The summed E-state index contributed by atoms with van der Waals surface area (Å²) in [5.41, 5.74) is 3.78. The van der Waals surface area contributed by atoms with E-state index in [4.69, 9.17) is 11.6 Å². The number of hydrogen-bond acceptors (Lipinski definition) is 4. The van der Waals surface area contributed by atoms with Gasteiger partial charge in [-0.1, -0.05) is 47.5 Å². The molecule has 1 amide bonds. The number of thioether (sulfide) groups is 1. The fourth-order valence-corrected chi connectivity index (χ4v) is 4.94. The molecule has 1 N–H and O–H groups in total. The molecule has 0 bridgehead atoms. The number of sulfonamides is 1. The number of nitrogens with one attached hydrogen (secondary N) is 1. The third-order valence-corrected chi connectivity index (χ3v) is 7.25. The van der Waals surface area contributed by atoms with Gasteiger partial charge >= 0.3 is 0 Å². The second-order valence-corrected chi connectivity index (χ2v) is 10.6. The van der Waals surface area contributed by atoms with Gasteiger partial charge in [-0.05, 0) is 43.5 Å². The maximum absolute atomic E-state index is 12.2. The van der Waals surface area contributed by atoms with E-state index in [1.54, 1.807) is 36.9 Å². The Hall–Kier alpha value is -1.70. The fraction of sp³-hybridized carbons (Fsp3) is 0.409. The van der Waals surface area contributed by atoms with Gasteiger partial charge in [0.25, 0.3) is 0 Å². The highest BCUT2D eigenvalue weighted by Crippen LogP contribution is 2.28. The molecule has 0 aromatic heterocycles. The molecule has 2 aromatic rings. The van der Waals surface area contributed by atoms with E-state index in [-0.39, 0.29) is 18.9 Å². The Labute approximate surface area is 189 Å². The van der Waals surface area contributed by atoms with Gasteiger partial charge in [0.15, 0.2) is 0 Å². The zero-order chi connectivity index (χ0) is 22.1. The first-order chi connectivity index (χ1) is 14.2. The van der Waals surface area contributed by atoms with Crippen LogP contribution in [-0.4, -0.2) is 39.4 Å². The summed E-state index contributed by atoms with van der Waals surface area (Å²) in [7, 11) is -3.47. The van der Waals surface area contributed by atoms with Crippen molar-refractivity contribution in [3.05, 3.63) is 64.2 Å². The molecule has 0 unspecified atom stereocenters. The molecule has 0 spiro atoms. The van der Waals surface area contributed by atoms with Gasteiger partial charge in [0.2, 0.25) is 15.9 Å². The molecule has 2 rings (SSSR count). The van der Waals surface area contributed by atoms with Gasteiger partial charge in [0.05, 0.1) is 11.9 Å². The predicted octanol–water partition coefficient (Wildman–Crippen LogP) is 4.55. The average Bonchev–Trinajstić information content (AvgIpc) is 2.68. The highest BCUT2D eigenvalue weighted by molar-refractivity contribution is 7.98. The van der Waals surface area contributed by atoms with E-state index in [0.29, 0.717) is 29.2 Å². The zero-order valence-corrected chi connectivity index (χ0v) is 20.0. The lowest BCUT2D eigenvalue weighted by Crippen LogP contribution is -2.33. The molecule has 0 saturated heterocycles. The number of hydrogen-bond donors (Lipinski definition) is 1. The SMILES string of the molecule is Cc1ccc(CSCCNC(=O)CCCN(c2cccc(Cl)c2C)S(C)(=O)=O)cc1. The molecule has 0 aliphatic rings. The zero-order valence-electron chi connectivity index (χ0n) is 17.7. The number of benzene rings is 2. The Morgan fingerprint density at radius 1 is 1.13 bits per heavy atom. The van der Waals surface area contributed by atoms with Crippen LogP contribution in [0.1, 0.15) is 29.5 Å². The Bertz CT molecular complexity index is 947. The molecule has 0 fully saturated rings. The second kappa shape index (κ2) is 11.6. The minimum Gasteiger partial charge on any atom is -0.355 e. The number of rotatable bonds is 11. The van der Waals surface area contributed by atoms with Gasteiger partial charge in [-0.25, -0.2) is 8.42 Å². The summed E-state index contributed by atoms with van der Waals surface area (Å²) in [4.78, 5) is 12.1.